The lowest BCUT2D eigenvalue weighted by atomic mass is 9.99. The number of ether oxygens (including phenoxy) is 1. The zero-order valence-electron chi connectivity index (χ0n) is 21.6. The van der Waals surface area contributed by atoms with Crippen LogP contribution in [0.5, 0.6) is 5.75 Å². The molecule has 3 heterocycles. The number of aliphatic imine (C=N–C) groups is 1. The van der Waals surface area contributed by atoms with Gasteiger partial charge in [-0.05, 0) is 53.9 Å². The molecule has 0 aliphatic carbocycles. The van der Waals surface area contributed by atoms with Crippen molar-refractivity contribution in [2.45, 2.75) is 46.6 Å². The van der Waals surface area contributed by atoms with Gasteiger partial charge in [0.05, 0.1) is 12.1 Å². The van der Waals surface area contributed by atoms with Crippen LogP contribution in [0.2, 0.25) is 0 Å². The summed E-state index contributed by atoms with van der Waals surface area (Å²) in [4.78, 5) is 17.1. The first-order valence-corrected chi connectivity index (χ1v) is 13.5. The number of amides is 1. The van der Waals surface area contributed by atoms with E-state index >= 15 is 0 Å². The predicted molar refractivity (Wildman–Crippen MR) is 152 cm³/mol. The van der Waals surface area contributed by atoms with Gasteiger partial charge in [-0.25, -0.2) is 0 Å². The molecule has 5 rings (SSSR count). The molecular formula is C29H31N5O2S. The Labute approximate surface area is 221 Å². The maximum Gasteiger partial charge on any atom is 0.283 e. The Morgan fingerprint density at radius 2 is 1.86 bits per heavy atom. The number of rotatable bonds is 8. The lowest BCUT2D eigenvalue weighted by Gasteiger charge is -2.20. The maximum atomic E-state index is 12.9. The number of hydrazone groups is 1. The number of hydrogen-bond donors (Lipinski definition) is 1. The van der Waals surface area contributed by atoms with Gasteiger partial charge in [-0.15, -0.1) is 0 Å². The second-order valence-electron chi connectivity index (χ2n) is 9.63. The summed E-state index contributed by atoms with van der Waals surface area (Å²) in [5.74, 6) is 1.23. The lowest BCUT2D eigenvalue weighted by molar-refractivity contribution is -0.114. The van der Waals surface area contributed by atoms with Crippen molar-refractivity contribution in [2.75, 3.05) is 6.61 Å². The normalized spacial score (nSPS) is 17.4. The molecule has 0 radical (unpaired) electrons. The number of carbonyl (C=O) groups excluding carboxylic acids is 1. The smallest absolute Gasteiger partial charge is 0.283 e. The van der Waals surface area contributed by atoms with Crippen LogP contribution in [0.3, 0.4) is 0 Å². The summed E-state index contributed by atoms with van der Waals surface area (Å²) in [5.41, 5.74) is 3.46. The first kappa shape index (κ1) is 25.0. The van der Waals surface area contributed by atoms with Crippen LogP contribution in [0.4, 0.5) is 0 Å². The van der Waals surface area contributed by atoms with Crippen molar-refractivity contribution in [2.24, 2.45) is 16.0 Å². The highest BCUT2D eigenvalue weighted by Gasteiger charge is 2.36. The summed E-state index contributed by atoms with van der Waals surface area (Å²) < 4.78 is 8.16. The Morgan fingerprint density at radius 3 is 2.59 bits per heavy atom. The van der Waals surface area contributed by atoms with Gasteiger partial charge in [-0.1, -0.05) is 58.0 Å². The minimum atomic E-state index is -0.412. The molecule has 3 aromatic rings. The fraction of sp³-hybridized carbons (Fsp3) is 0.310. The average Bonchev–Trinajstić information content (AvgIpc) is 3.49. The van der Waals surface area contributed by atoms with Crippen LogP contribution in [0.25, 0.3) is 17.0 Å². The highest BCUT2D eigenvalue weighted by atomic mass is 32.2. The second kappa shape index (κ2) is 10.4. The van der Waals surface area contributed by atoms with E-state index in [9.17, 15) is 4.79 Å². The average molecular weight is 514 g/mol. The van der Waals surface area contributed by atoms with Crippen molar-refractivity contribution < 1.29 is 9.53 Å². The fourth-order valence-electron chi connectivity index (χ4n) is 4.36. The van der Waals surface area contributed by atoms with Crippen LogP contribution < -0.4 is 4.74 Å². The Kier molecular flexibility index (Phi) is 7.02. The van der Waals surface area contributed by atoms with Crippen LogP contribution in [0.1, 0.15) is 51.2 Å². The third-order valence-corrected chi connectivity index (χ3v) is 7.95. The van der Waals surface area contributed by atoms with Gasteiger partial charge in [-0.3, -0.25) is 10.2 Å². The molecule has 0 spiro atoms. The molecule has 1 N–H and O–H groups in total. The molecule has 0 unspecified atom stereocenters. The summed E-state index contributed by atoms with van der Waals surface area (Å²) in [7, 11) is 0. The fourth-order valence-corrected chi connectivity index (χ4v) is 5.25. The summed E-state index contributed by atoms with van der Waals surface area (Å²) in [5, 5.41) is 17.0. The second-order valence-corrected chi connectivity index (χ2v) is 10.6. The van der Waals surface area contributed by atoms with Gasteiger partial charge in [0.15, 0.2) is 5.84 Å². The first-order chi connectivity index (χ1) is 17.9. The number of benzene rings is 2. The number of aromatic nitrogens is 1. The van der Waals surface area contributed by atoms with Crippen LogP contribution in [0.15, 0.2) is 70.4 Å². The number of hydrogen-bond acceptors (Lipinski definition) is 5. The van der Waals surface area contributed by atoms with E-state index in [-0.39, 0.29) is 17.3 Å². The number of amidine groups is 2. The molecule has 1 amide bonds. The topological polar surface area (TPSA) is 83.0 Å². The van der Waals surface area contributed by atoms with E-state index in [0.717, 1.165) is 33.7 Å². The molecule has 2 aromatic carbocycles. The van der Waals surface area contributed by atoms with E-state index in [1.165, 1.54) is 22.3 Å². The quantitative estimate of drug-likeness (QED) is 0.348. The Balaban J connectivity index is 1.36. The van der Waals surface area contributed by atoms with Crippen molar-refractivity contribution in [3.05, 3.63) is 71.4 Å². The van der Waals surface area contributed by atoms with Gasteiger partial charge in [-0.2, -0.15) is 15.1 Å². The third-order valence-electron chi connectivity index (χ3n) is 6.75. The van der Waals surface area contributed by atoms with Gasteiger partial charge in [0, 0.05) is 28.6 Å². The third kappa shape index (κ3) is 4.98. The number of nitrogens with one attached hydrogen (secondary N) is 1. The number of para-hydroxylation sites is 1. The van der Waals surface area contributed by atoms with Crippen molar-refractivity contribution in [3.63, 3.8) is 0 Å². The number of thioether (sulfide) groups is 1. The van der Waals surface area contributed by atoms with E-state index in [1.807, 2.05) is 50.4 Å². The van der Waals surface area contributed by atoms with Gasteiger partial charge in [0.2, 0.25) is 5.17 Å². The van der Waals surface area contributed by atoms with Crippen LogP contribution >= 0.6 is 11.8 Å². The molecule has 190 valence electrons. The number of nitrogens with zero attached hydrogens (tertiary/aromatic N) is 4. The molecule has 0 saturated heterocycles. The molecule has 1 aromatic heterocycles. The van der Waals surface area contributed by atoms with E-state index < -0.39 is 5.91 Å². The van der Waals surface area contributed by atoms with Gasteiger partial charge in [0.1, 0.15) is 17.4 Å². The van der Waals surface area contributed by atoms with Crippen LogP contribution in [-0.4, -0.2) is 38.1 Å². The first-order valence-electron chi connectivity index (χ1n) is 12.7. The molecule has 0 saturated carbocycles. The molecule has 0 fully saturated rings. The molecule has 8 heteroatoms. The predicted octanol–water partition coefficient (Wildman–Crippen LogP) is 6.51. The monoisotopic (exact) mass is 513 g/mol. The number of fused-ring (bicyclic) bond motifs is 2. The van der Waals surface area contributed by atoms with E-state index in [0.29, 0.717) is 24.2 Å². The Hall–Kier alpha value is -3.65. The van der Waals surface area contributed by atoms with Gasteiger partial charge >= 0.3 is 0 Å². The Morgan fingerprint density at radius 1 is 1.11 bits per heavy atom. The van der Waals surface area contributed by atoms with Crippen LogP contribution in [-0.2, 0) is 11.3 Å². The molecule has 1 atom stereocenters. The van der Waals surface area contributed by atoms with Gasteiger partial charge < -0.3 is 9.30 Å². The number of carbonyl (C=O) groups is 1. The SMILES string of the molecule is CC[C@H](C)c1ccc(OCCn2cc(/C=C3/C(=N)N4N=C(C(C)C)SC4=NC3=O)c3ccccc32)cc1. The summed E-state index contributed by atoms with van der Waals surface area (Å²) in [6.07, 6.45) is 4.88. The maximum absolute atomic E-state index is 12.9. The molecule has 37 heavy (non-hydrogen) atoms. The molecule has 2 aliphatic heterocycles. The summed E-state index contributed by atoms with van der Waals surface area (Å²) >= 11 is 1.35. The largest absolute Gasteiger partial charge is 0.492 e. The highest BCUT2D eigenvalue weighted by Crippen LogP contribution is 2.32. The van der Waals surface area contributed by atoms with E-state index in [1.54, 1.807) is 6.08 Å². The van der Waals surface area contributed by atoms with Crippen molar-refractivity contribution in [1.29, 1.82) is 5.41 Å². The van der Waals surface area contributed by atoms with Crippen molar-refractivity contribution in [1.82, 2.24) is 9.58 Å². The lowest BCUT2D eigenvalue weighted by Crippen LogP contribution is -2.35. The molecule has 7 nitrogen and oxygen atoms in total. The summed E-state index contributed by atoms with van der Waals surface area (Å²) in [6.45, 7) is 9.65. The van der Waals surface area contributed by atoms with Crippen molar-refractivity contribution in [3.8, 4) is 5.75 Å². The highest BCUT2D eigenvalue weighted by molar-refractivity contribution is 8.27. The minimum Gasteiger partial charge on any atom is -0.492 e. The molecule has 0 bridgehead atoms. The minimum absolute atomic E-state index is 0.0548. The Bertz CT molecular complexity index is 1450. The van der Waals surface area contributed by atoms with E-state index in [4.69, 9.17) is 10.1 Å². The molecular weight excluding hydrogens is 482 g/mol. The van der Waals surface area contributed by atoms with Crippen LogP contribution in [0, 0.1) is 11.3 Å². The summed E-state index contributed by atoms with van der Waals surface area (Å²) in [6, 6.07) is 16.4. The standard InChI is InChI=1S/C29H31N5O2S/c1-5-19(4)20-10-12-22(13-11-20)36-15-14-33-17-21(23-8-6-7-9-25(23)33)16-24-26(30)34-29(31-27(24)35)37-28(32-34)18(2)3/h6-13,16-19,30H,5,14-15H2,1-4H3/b24-16-,30-26?/t19-/m0/s1. The van der Waals surface area contributed by atoms with E-state index in [2.05, 4.69) is 46.7 Å². The zero-order chi connectivity index (χ0) is 26.1. The molecule has 2 aliphatic rings. The van der Waals surface area contributed by atoms with Crippen molar-refractivity contribution >= 4 is 50.7 Å². The zero-order valence-corrected chi connectivity index (χ0v) is 22.4. The van der Waals surface area contributed by atoms with Gasteiger partial charge in [0.25, 0.3) is 5.91 Å².